The van der Waals surface area contributed by atoms with E-state index in [1.165, 1.54) is 13.8 Å². The molecular weight excluding hydrogens is 343 g/mol. The second-order valence-corrected chi connectivity index (χ2v) is 7.61. The van der Waals surface area contributed by atoms with E-state index in [2.05, 4.69) is 15.4 Å². The number of nitrogens with zero attached hydrogens (tertiary/aromatic N) is 1. The van der Waals surface area contributed by atoms with Gasteiger partial charge in [0.1, 0.15) is 0 Å². The van der Waals surface area contributed by atoms with Crippen molar-refractivity contribution in [2.75, 3.05) is 0 Å². The van der Waals surface area contributed by atoms with Crippen LogP contribution in [-0.4, -0.2) is 25.4 Å². The van der Waals surface area contributed by atoms with Crippen molar-refractivity contribution >= 4 is 24.3 Å². The summed E-state index contributed by atoms with van der Waals surface area (Å²) in [4.78, 5) is 47.3. The summed E-state index contributed by atoms with van der Waals surface area (Å²) in [5.41, 5.74) is -0.161. The number of nitrogens with one attached hydrogen (secondary N) is 3. The average Bonchev–Trinajstić information content (AvgIpc) is 2.48. The molecule has 0 radical (unpaired) electrons. The van der Waals surface area contributed by atoms with Crippen molar-refractivity contribution < 1.29 is 19.0 Å². The highest BCUT2D eigenvalue weighted by molar-refractivity contribution is 7.53. The van der Waals surface area contributed by atoms with Gasteiger partial charge in [-0.15, -0.1) is 0 Å². The minimum Gasteiger partial charge on any atom is -0.323 e. The van der Waals surface area contributed by atoms with Crippen LogP contribution in [0.25, 0.3) is 11.0 Å². The maximum atomic E-state index is 11.7. The molecule has 1 aromatic carbocycles. The molecule has 2 rings (SSSR count). The summed E-state index contributed by atoms with van der Waals surface area (Å²) >= 11 is 0. The van der Waals surface area contributed by atoms with Crippen LogP contribution in [0.3, 0.4) is 0 Å². The molecule has 0 aliphatic rings. The first-order chi connectivity index (χ1) is 11.1. The van der Waals surface area contributed by atoms with Crippen molar-refractivity contribution in [2.24, 2.45) is 0 Å². The number of aromatic amines is 2. The van der Waals surface area contributed by atoms with Crippen LogP contribution in [0.4, 0.5) is 5.69 Å². The summed E-state index contributed by atoms with van der Waals surface area (Å²) < 4.78 is 16.4. The van der Waals surface area contributed by atoms with Gasteiger partial charge in [0, 0.05) is 24.2 Å². The fourth-order valence-corrected chi connectivity index (χ4v) is 2.29. The quantitative estimate of drug-likeness (QED) is 0.254. The first kappa shape index (κ1) is 18.0. The van der Waals surface area contributed by atoms with Crippen LogP contribution in [0.5, 0.6) is 0 Å². The molecule has 0 aliphatic heterocycles. The largest absolute Gasteiger partial charge is 0.346 e. The van der Waals surface area contributed by atoms with Gasteiger partial charge in [-0.3, -0.25) is 24.3 Å². The van der Waals surface area contributed by atoms with E-state index >= 15 is 0 Å². The third-order valence-electron chi connectivity index (χ3n) is 3.22. The molecule has 0 saturated carbocycles. The molecule has 1 unspecified atom stereocenters. The second kappa shape index (κ2) is 6.65. The molecule has 0 fully saturated rings. The molecule has 1 heterocycles. The van der Waals surface area contributed by atoms with E-state index < -0.39 is 29.3 Å². The molecule has 24 heavy (non-hydrogen) atoms. The summed E-state index contributed by atoms with van der Waals surface area (Å²) in [6, 6.07) is 2.26. The Labute approximate surface area is 134 Å². The lowest BCUT2D eigenvalue weighted by molar-refractivity contribution is -0.384. The molecule has 2 aromatic rings. The number of aromatic nitrogens is 2. The van der Waals surface area contributed by atoms with Crippen molar-refractivity contribution in [2.45, 2.75) is 26.1 Å². The molecular formula is C12H15N4O7P. The number of non-ortho nitro benzene ring substituents is 1. The number of fused-ring (bicyclic) bond motifs is 1. The zero-order chi connectivity index (χ0) is 18.1. The van der Waals surface area contributed by atoms with Gasteiger partial charge < -0.3 is 14.9 Å². The zero-order valence-corrected chi connectivity index (χ0v) is 13.6. The molecule has 0 bridgehead atoms. The van der Waals surface area contributed by atoms with E-state index in [0.717, 1.165) is 12.1 Å². The Morgan fingerprint density at radius 3 is 2.54 bits per heavy atom. The average molecular weight is 358 g/mol. The van der Waals surface area contributed by atoms with E-state index in [9.17, 15) is 29.2 Å². The minimum atomic E-state index is -3.88. The maximum Gasteiger partial charge on any atom is 0.346 e. The molecule has 12 heteroatoms. The van der Waals surface area contributed by atoms with Crippen molar-refractivity contribution in [3.63, 3.8) is 0 Å². The van der Waals surface area contributed by atoms with Gasteiger partial charge in [0.05, 0.1) is 21.6 Å². The van der Waals surface area contributed by atoms with Crippen molar-refractivity contribution in [1.29, 1.82) is 0 Å². The minimum absolute atomic E-state index is 0.0571. The summed E-state index contributed by atoms with van der Waals surface area (Å²) in [6.07, 6.45) is 0. The second-order valence-electron chi connectivity index (χ2n) is 5.26. The van der Waals surface area contributed by atoms with Gasteiger partial charge in [0.15, 0.2) is 0 Å². The van der Waals surface area contributed by atoms with Gasteiger partial charge in [0.2, 0.25) is 0 Å². The zero-order valence-electron chi connectivity index (χ0n) is 12.7. The van der Waals surface area contributed by atoms with E-state index in [1.807, 2.05) is 0 Å². The molecule has 1 atom stereocenters. The normalized spacial score (nSPS) is 14.0. The van der Waals surface area contributed by atoms with Crippen LogP contribution in [0.15, 0.2) is 21.7 Å². The predicted octanol–water partition coefficient (Wildman–Crippen LogP) is 0.740. The maximum absolute atomic E-state index is 11.7. The van der Waals surface area contributed by atoms with E-state index in [0.29, 0.717) is 0 Å². The Hall–Kier alpha value is -2.33. The van der Waals surface area contributed by atoms with Gasteiger partial charge in [-0.1, -0.05) is 13.8 Å². The number of benzene rings is 1. The third-order valence-corrected chi connectivity index (χ3v) is 4.91. The first-order valence-corrected chi connectivity index (χ1v) is 8.44. The molecule has 11 nitrogen and oxygen atoms in total. The van der Waals surface area contributed by atoms with Crippen LogP contribution >= 0.6 is 7.60 Å². The van der Waals surface area contributed by atoms with Gasteiger partial charge >= 0.3 is 18.7 Å². The molecule has 0 amide bonds. The fraction of sp³-hybridized carbons (Fsp3) is 0.333. The Kier molecular flexibility index (Phi) is 4.99. The predicted molar refractivity (Wildman–Crippen MR) is 84.7 cm³/mol. The van der Waals surface area contributed by atoms with Gasteiger partial charge in [-0.25, -0.2) is 4.62 Å². The molecule has 4 N–H and O–H groups in total. The molecule has 0 spiro atoms. The summed E-state index contributed by atoms with van der Waals surface area (Å²) in [6.45, 7) is 2.78. The molecule has 130 valence electrons. The Morgan fingerprint density at radius 2 is 1.96 bits per heavy atom. The van der Waals surface area contributed by atoms with E-state index in [1.54, 1.807) is 0 Å². The highest BCUT2D eigenvalue weighted by Crippen LogP contribution is 2.45. The van der Waals surface area contributed by atoms with Crippen molar-refractivity contribution in [1.82, 2.24) is 15.4 Å². The Balaban J connectivity index is 2.42. The topological polar surface area (TPSA) is 167 Å². The van der Waals surface area contributed by atoms with Crippen LogP contribution in [-0.2, 0) is 15.7 Å². The van der Waals surface area contributed by atoms with Crippen molar-refractivity contribution in [3.05, 3.63) is 48.5 Å². The Bertz CT molecular complexity index is 949. The van der Waals surface area contributed by atoms with E-state index in [4.69, 9.17) is 4.62 Å². The standard InChI is InChI=1S/C12H15N4O7P/c1-6(2)24(21,22)23-13-5-7-3-8(16(19)20)4-9-10(7)15-12(18)11(17)14-9/h3-4,6,13H,5H2,1-2H3,(H,14,17)(H,15,18)(H,21,22). The van der Waals surface area contributed by atoms with Crippen LogP contribution in [0, 0.1) is 10.1 Å². The summed E-state index contributed by atoms with van der Waals surface area (Å²) in [5.74, 6) is 0. The highest BCUT2D eigenvalue weighted by atomic mass is 31.2. The first-order valence-electron chi connectivity index (χ1n) is 6.79. The number of nitro benzene ring substituents is 1. The number of rotatable bonds is 6. The van der Waals surface area contributed by atoms with Crippen LogP contribution in [0.2, 0.25) is 0 Å². The van der Waals surface area contributed by atoms with Crippen LogP contribution in [0.1, 0.15) is 19.4 Å². The smallest absolute Gasteiger partial charge is 0.323 e. The number of H-pyrrole nitrogens is 2. The highest BCUT2D eigenvalue weighted by Gasteiger charge is 2.25. The number of hydrogen-bond acceptors (Lipinski definition) is 7. The fourth-order valence-electron chi connectivity index (χ4n) is 1.83. The molecule has 0 aliphatic carbocycles. The van der Waals surface area contributed by atoms with Gasteiger partial charge in [-0.05, 0) is 0 Å². The van der Waals surface area contributed by atoms with E-state index in [-0.39, 0.29) is 28.8 Å². The third kappa shape index (κ3) is 3.77. The number of nitro groups is 1. The lowest BCUT2D eigenvalue weighted by Crippen LogP contribution is -2.29. The van der Waals surface area contributed by atoms with Crippen molar-refractivity contribution in [3.8, 4) is 0 Å². The molecule has 0 saturated heterocycles. The Morgan fingerprint density at radius 1 is 1.33 bits per heavy atom. The summed E-state index contributed by atoms with van der Waals surface area (Å²) in [5, 5.41) is 11.0. The lowest BCUT2D eigenvalue weighted by atomic mass is 10.1. The van der Waals surface area contributed by atoms with Crippen LogP contribution < -0.4 is 16.6 Å². The molecule has 1 aromatic heterocycles. The monoisotopic (exact) mass is 358 g/mol. The SMILES string of the molecule is CC(C)P(=O)(O)ONCc1cc([N+](=O)[O-])cc2[nH]c(=O)c(=O)[nH]c12. The number of hydroxylamine groups is 1. The van der Waals surface area contributed by atoms with Gasteiger partial charge in [-0.2, -0.15) is 5.48 Å². The lowest BCUT2D eigenvalue weighted by Gasteiger charge is -2.15. The summed E-state index contributed by atoms with van der Waals surface area (Å²) in [7, 11) is -3.88. The van der Waals surface area contributed by atoms with Gasteiger partial charge in [0.25, 0.3) is 5.69 Å². The number of hydrogen-bond donors (Lipinski definition) is 4.